The number of nitrogens with zero attached hydrogens (tertiary/aromatic N) is 2. The Morgan fingerprint density at radius 2 is 1.62 bits per heavy atom. The maximum absolute atomic E-state index is 14.7. The molecular weight excluding hydrogens is 681 g/mol. The fourth-order valence-electron chi connectivity index (χ4n) is 7.63. The molecule has 2 amide bonds. The minimum absolute atomic E-state index is 0.0339. The highest BCUT2D eigenvalue weighted by atomic mass is 32.2. The molecule has 2 N–H and O–H groups in total. The van der Waals surface area contributed by atoms with E-state index in [-0.39, 0.29) is 35.1 Å². The van der Waals surface area contributed by atoms with Crippen LogP contribution in [0.25, 0.3) is 10.9 Å². The van der Waals surface area contributed by atoms with Crippen LogP contribution in [-0.2, 0) is 26.0 Å². The van der Waals surface area contributed by atoms with Crippen molar-refractivity contribution in [1.82, 2.24) is 14.6 Å². The molecule has 2 aliphatic rings. The number of amides is 2. The van der Waals surface area contributed by atoms with Crippen LogP contribution >= 0.6 is 0 Å². The summed E-state index contributed by atoms with van der Waals surface area (Å²) in [4.78, 5) is 34.3. The fraction of sp³-hybridized carbons (Fsp3) is 0.450. The summed E-state index contributed by atoms with van der Waals surface area (Å²) in [7, 11) is 0.765. The molecule has 1 aliphatic heterocycles. The first-order valence-electron chi connectivity index (χ1n) is 18.2. The number of aromatic amines is 1. The fourth-order valence-corrected chi connectivity index (χ4v) is 9.23. The summed E-state index contributed by atoms with van der Waals surface area (Å²) in [5, 5.41) is 4.28. The molecule has 2 atom stereocenters. The number of benzene rings is 3. The van der Waals surface area contributed by atoms with Gasteiger partial charge >= 0.3 is 0 Å². The molecule has 4 aromatic rings. The second-order valence-corrected chi connectivity index (χ2v) is 15.9. The van der Waals surface area contributed by atoms with Gasteiger partial charge in [0.1, 0.15) is 6.04 Å². The van der Waals surface area contributed by atoms with E-state index in [9.17, 15) is 18.0 Å². The monoisotopic (exact) mass is 730 g/mol. The number of rotatable bonds is 13. The first-order valence-corrected chi connectivity index (χ1v) is 19.7. The van der Waals surface area contributed by atoms with Gasteiger partial charge in [-0.1, -0.05) is 44.4 Å². The van der Waals surface area contributed by atoms with Crippen molar-refractivity contribution >= 4 is 38.4 Å². The average Bonchev–Trinajstić information content (AvgIpc) is 3.58. The molecule has 11 nitrogen and oxygen atoms in total. The van der Waals surface area contributed by atoms with Gasteiger partial charge in [0.15, 0.2) is 11.5 Å². The minimum Gasteiger partial charge on any atom is -0.493 e. The highest BCUT2D eigenvalue weighted by Crippen LogP contribution is 2.42. The number of sulfonamides is 1. The van der Waals surface area contributed by atoms with Crippen LogP contribution < -0.4 is 24.4 Å². The number of H-pyrrole nitrogens is 1. The molecular formula is C40H50N4O7S. The van der Waals surface area contributed by atoms with Gasteiger partial charge in [-0.15, -0.1) is 0 Å². The van der Waals surface area contributed by atoms with Crippen LogP contribution in [-0.4, -0.2) is 70.0 Å². The normalized spacial score (nSPS) is 17.7. The first kappa shape index (κ1) is 37.2. The smallest absolute Gasteiger partial charge is 0.248 e. The molecule has 2 fully saturated rings. The van der Waals surface area contributed by atoms with E-state index in [4.69, 9.17) is 14.2 Å². The van der Waals surface area contributed by atoms with Gasteiger partial charge in [0, 0.05) is 48.3 Å². The van der Waals surface area contributed by atoms with Crippen LogP contribution in [0.2, 0.25) is 0 Å². The van der Waals surface area contributed by atoms with E-state index in [1.165, 1.54) is 42.7 Å². The number of fused-ring (bicyclic) bond motifs is 1. The van der Waals surface area contributed by atoms with Crippen molar-refractivity contribution in [2.75, 3.05) is 39.3 Å². The second kappa shape index (κ2) is 16.4. The lowest BCUT2D eigenvalue weighted by atomic mass is 9.94. The van der Waals surface area contributed by atoms with Gasteiger partial charge in [-0.3, -0.25) is 14.5 Å². The number of methoxy groups -OCH3 is 3. The van der Waals surface area contributed by atoms with E-state index in [1.54, 1.807) is 24.3 Å². The van der Waals surface area contributed by atoms with E-state index >= 15 is 0 Å². The molecule has 1 saturated carbocycles. The van der Waals surface area contributed by atoms with Gasteiger partial charge in [-0.05, 0) is 91.6 Å². The molecule has 12 heteroatoms. The Hall–Kier alpha value is -4.55. The molecule has 1 aromatic heterocycles. The van der Waals surface area contributed by atoms with Gasteiger partial charge in [0.05, 0.1) is 26.2 Å². The lowest BCUT2D eigenvalue weighted by Gasteiger charge is -2.34. The lowest BCUT2D eigenvalue weighted by Crippen LogP contribution is -2.47. The molecule has 2 heterocycles. The number of hydrogen-bond acceptors (Lipinski definition) is 7. The molecule has 278 valence electrons. The molecule has 3 aromatic carbocycles. The number of anilines is 1. The van der Waals surface area contributed by atoms with Gasteiger partial charge in [-0.2, -0.15) is 4.31 Å². The third kappa shape index (κ3) is 7.92. The quantitative estimate of drug-likeness (QED) is 0.155. The second-order valence-electron chi connectivity index (χ2n) is 13.9. The van der Waals surface area contributed by atoms with Crippen LogP contribution in [0.5, 0.6) is 17.2 Å². The van der Waals surface area contributed by atoms with Gasteiger partial charge in [0.2, 0.25) is 27.6 Å². The highest BCUT2D eigenvalue weighted by Gasteiger charge is 2.36. The number of aryl methyl sites for hydroxylation is 1. The Morgan fingerprint density at radius 1 is 0.923 bits per heavy atom. The molecule has 1 saturated heterocycles. The molecule has 6 rings (SSSR count). The van der Waals surface area contributed by atoms with Crippen molar-refractivity contribution in [3.63, 3.8) is 0 Å². The minimum atomic E-state index is -3.75. The maximum Gasteiger partial charge on any atom is 0.248 e. The van der Waals surface area contributed by atoms with Crippen molar-refractivity contribution in [2.45, 2.75) is 81.7 Å². The summed E-state index contributed by atoms with van der Waals surface area (Å²) >= 11 is 0. The van der Waals surface area contributed by atoms with Crippen LogP contribution in [0.3, 0.4) is 0 Å². The zero-order chi connectivity index (χ0) is 36.8. The predicted molar refractivity (Wildman–Crippen MR) is 202 cm³/mol. The standard InChI is InChI=1S/C40H50N4O7S/c1-27-11-10-22-43(26-27)52(47,48)32-19-17-31(18-20-32)44(37(45)21-16-28-25-41-34-15-9-8-14-33(28)34)38(40(46)42-30-12-6-5-7-13-30)29-23-35(49-2)39(51-4)36(24-29)50-3/h8-9,14-15,17-20,23-25,27,30,38,41H,5-7,10-13,16,21-22,26H2,1-4H3,(H,42,46). The largest absolute Gasteiger partial charge is 0.493 e. The van der Waals surface area contributed by atoms with Crippen LogP contribution in [0.1, 0.15) is 75.5 Å². The molecule has 0 bridgehead atoms. The van der Waals surface area contributed by atoms with Crippen molar-refractivity contribution in [3.8, 4) is 17.2 Å². The van der Waals surface area contributed by atoms with Crippen molar-refractivity contribution in [3.05, 3.63) is 78.0 Å². The van der Waals surface area contributed by atoms with Crippen molar-refractivity contribution < 1.29 is 32.2 Å². The van der Waals surface area contributed by atoms with E-state index in [0.29, 0.717) is 48.0 Å². The Kier molecular flexibility index (Phi) is 11.7. The number of carbonyl (C=O) groups is 2. The number of carbonyl (C=O) groups excluding carboxylic acids is 2. The first-order chi connectivity index (χ1) is 25.1. The van der Waals surface area contributed by atoms with Crippen molar-refractivity contribution in [1.29, 1.82) is 0 Å². The number of aromatic nitrogens is 1. The summed E-state index contributed by atoms with van der Waals surface area (Å²) in [6.45, 7) is 3.00. The molecule has 2 unspecified atom stereocenters. The van der Waals surface area contributed by atoms with Crippen LogP contribution in [0.4, 0.5) is 5.69 Å². The number of piperidine rings is 1. The molecule has 52 heavy (non-hydrogen) atoms. The van der Waals surface area contributed by atoms with Crippen LogP contribution in [0.15, 0.2) is 71.8 Å². The van der Waals surface area contributed by atoms with E-state index < -0.39 is 16.1 Å². The maximum atomic E-state index is 14.7. The summed E-state index contributed by atoms with van der Waals surface area (Å²) in [5.41, 5.74) is 2.82. The Bertz CT molecular complexity index is 1950. The van der Waals surface area contributed by atoms with Gasteiger partial charge in [-0.25, -0.2) is 8.42 Å². The number of ether oxygens (including phenoxy) is 3. The Morgan fingerprint density at radius 3 is 2.27 bits per heavy atom. The van der Waals surface area contributed by atoms with Crippen molar-refractivity contribution in [2.24, 2.45) is 5.92 Å². The zero-order valence-electron chi connectivity index (χ0n) is 30.5. The molecule has 0 radical (unpaired) electrons. The van der Waals surface area contributed by atoms with Gasteiger partial charge < -0.3 is 24.5 Å². The summed E-state index contributed by atoms with van der Waals surface area (Å²) < 4.78 is 45.9. The number of hydrogen-bond donors (Lipinski definition) is 2. The third-order valence-electron chi connectivity index (χ3n) is 10.4. The SMILES string of the molecule is COc1cc(C(C(=O)NC2CCCCC2)N(C(=O)CCc2c[nH]c3ccccc23)c2ccc(S(=O)(=O)N3CCCC(C)C3)cc2)cc(OC)c1OC. The van der Waals surface area contributed by atoms with E-state index in [0.717, 1.165) is 61.4 Å². The number of nitrogens with one attached hydrogen (secondary N) is 2. The van der Waals surface area contributed by atoms with Crippen LogP contribution in [0, 0.1) is 5.92 Å². The lowest BCUT2D eigenvalue weighted by molar-refractivity contribution is -0.127. The average molecular weight is 731 g/mol. The van der Waals surface area contributed by atoms with Gasteiger partial charge in [0.25, 0.3) is 0 Å². The summed E-state index contributed by atoms with van der Waals surface area (Å²) in [6.07, 6.45) is 9.07. The zero-order valence-corrected chi connectivity index (χ0v) is 31.3. The molecule has 1 aliphatic carbocycles. The summed E-state index contributed by atoms with van der Waals surface area (Å²) in [5.74, 6) is 0.671. The predicted octanol–water partition coefficient (Wildman–Crippen LogP) is 6.77. The highest BCUT2D eigenvalue weighted by molar-refractivity contribution is 7.89. The number of para-hydroxylation sites is 1. The Labute approximate surface area is 306 Å². The van der Waals surface area contributed by atoms with E-state index in [2.05, 4.69) is 17.2 Å². The third-order valence-corrected chi connectivity index (χ3v) is 12.3. The molecule has 0 spiro atoms. The Balaban J connectivity index is 1.43. The topological polar surface area (TPSA) is 130 Å². The summed E-state index contributed by atoms with van der Waals surface area (Å²) in [6, 6.07) is 16.5. The van der Waals surface area contributed by atoms with E-state index in [1.807, 2.05) is 30.5 Å².